The Hall–Kier alpha value is -2.14. The summed E-state index contributed by atoms with van der Waals surface area (Å²) in [6.45, 7) is 2.95. The van der Waals surface area contributed by atoms with Gasteiger partial charge in [-0.15, -0.1) is 0 Å². The molecular formula is C20H25N3O2. The monoisotopic (exact) mass is 339 g/mol. The minimum Gasteiger partial charge on any atom is -0.384 e. The molecule has 1 amide bonds. The number of amides is 1. The Morgan fingerprint density at radius 3 is 2.80 bits per heavy atom. The summed E-state index contributed by atoms with van der Waals surface area (Å²) in [4.78, 5) is 14.7. The molecule has 25 heavy (non-hydrogen) atoms. The van der Waals surface area contributed by atoms with Gasteiger partial charge in [-0.25, -0.2) is 0 Å². The van der Waals surface area contributed by atoms with Crippen LogP contribution in [0, 0.1) is 5.92 Å². The van der Waals surface area contributed by atoms with Crippen LogP contribution in [-0.2, 0) is 29.0 Å². The Morgan fingerprint density at radius 1 is 1.28 bits per heavy atom. The standard InChI is InChI=1S/C20H25N3O2/c1-25-14-18-12-22(19(24)9-15-5-3-2-4-6-15)11-17-13-23(21-20(17)18)10-16-7-8-16/h2-6,13,16,18H,7-12,14H2,1H3/t18-/m1/s1. The number of hydrogen-bond donors (Lipinski definition) is 0. The van der Waals surface area contributed by atoms with E-state index in [9.17, 15) is 4.79 Å². The average molecular weight is 339 g/mol. The van der Waals surface area contributed by atoms with E-state index >= 15 is 0 Å². The Balaban J connectivity index is 1.50. The normalized spacial score (nSPS) is 19.7. The van der Waals surface area contributed by atoms with Crippen molar-refractivity contribution < 1.29 is 9.53 Å². The lowest BCUT2D eigenvalue weighted by molar-refractivity contribution is -0.132. The van der Waals surface area contributed by atoms with Crippen LogP contribution in [0.2, 0.25) is 0 Å². The molecule has 2 heterocycles. The summed E-state index contributed by atoms with van der Waals surface area (Å²) in [5, 5.41) is 4.81. The van der Waals surface area contributed by atoms with Gasteiger partial charge in [-0.1, -0.05) is 30.3 Å². The van der Waals surface area contributed by atoms with E-state index in [4.69, 9.17) is 9.84 Å². The van der Waals surface area contributed by atoms with E-state index in [0.717, 1.165) is 23.7 Å². The van der Waals surface area contributed by atoms with Crippen molar-refractivity contribution in [1.29, 1.82) is 0 Å². The van der Waals surface area contributed by atoms with Gasteiger partial charge < -0.3 is 9.64 Å². The quantitative estimate of drug-likeness (QED) is 0.813. The highest BCUT2D eigenvalue weighted by Gasteiger charge is 2.32. The van der Waals surface area contributed by atoms with Crippen LogP contribution in [0.25, 0.3) is 0 Å². The molecule has 132 valence electrons. The highest BCUT2D eigenvalue weighted by molar-refractivity contribution is 5.79. The van der Waals surface area contributed by atoms with E-state index in [1.54, 1.807) is 7.11 Å². The van der Waals surface area contributed by atoms with Crippen LogP contribution in [0.1, 0.15) is 35.6 Å². The van der Waals surface area contributed by atoms with E-state index in [0.29, 0.717) is 26.1 Å². The Labute approximate surface area is 148 Å². The lowest BCUT2D eigenvalue weighted by Crippen LogP contribution is -2.40. The van der Waals surface area contributed by atoms with Crippen molar-refractivity contribution in [1.82, 2.24) is 14.7 Å². The molecule has 1 aromatic carbocycles. The molecule has 1 aliphatic carbocycles. The molecule has 1 saturated carbocycles. The number of methoxy groups -OCH3 is 1. The van der Waals surface area contributed by atoms with Gasteiger partial charge in [-0.05, 0) is 24.3 Å². The molecule has 0 bridgehead atoms. The van der Waals surface area contributed by atoms with E-state index < -0.39 is 0 Å². The molecular weight excluding hydrogens is 314 g/mol. The lowest BCUT2D eigenvalue weighted by atomic mass is 9.96. The van der Waals surface area contributed by atoms with Crippen molar-refractivity contribution in [2.75, 3.05) is 20.3 Å². The first-order valence-corrected chi connectivity index (χ1v) is 9.10. The van der Waals surface area contributed by atoms with Crippen LogP contribution in [0.3, 0.4) is 0 Å². The molecule has 1 fully saturated rings. The fourth-order valence-corrected chi connectivity index (χ4v) is 3.63. The van der Waals surface area contributed by atoms with Gasteiger partial charge in [0.05, 0.1) is 18.7 Å². The van der Waals surface area contributed by atoms with Gasteiger partial charge in [0, 0.05) is 44.4 Å². The summed E-state index contributed by atoms with van der Waals surface area (Å²) < 4.78 is 7.48. The maximum Gasteiger partial charge on any atom is 0.227 e. The summed E-state index contributed by atoms with van der Waals surface area (Å²) in [7, 11) is 1.71. The van der Waals surface area contributed by atoms with Gasteiger partial charge in [0.1, 0.15) is 0 Å². The number of hydrogen-bond acceptors (Lipinski definition) is 3. The minimum atomic E-state index is 0.161. The SMILES string of the molecule is COC[C@H]1CN(C(=O)Cc2ccccc2)Cc2cn(CC3CC3)nc21. The maximum absolute atomic E-state index is 12.8. The van der Waals surface area contributed by atoms with E-state index in [1.165, 1.54) is 18.4 Å². The van der Waals surface area contributed by atoms with Crippen molar-refractivity contribution in [3.05, 3.63) is 53.3 Å². The third kappa shape index (κ3) is 3.76. The first-order valence-electron chi connectivity index (χ1n) is 9.10. The predicted molar refractivity (Wildman–Crippen MR) is 95.1 cm³/mol. The number of rotatable bonds is 6. The fourth-order valence-electron chi connectivity index (χ4n) is 3.63. The molecule has 0 N–H and O–H groups in total. The minimum absolute atomic E-state index is 0.161. The van der Waals surface area contributed by atoms with Crippen LogP contribution in [0.5, 0.6) is 0 Å². The number of ether oxygens (including phenoxy) is 1. The van der Waals surface area contributed by atoms with Crippen LogP contribution in [-0.4, -0.2) is 40.8 Å². The molecule has 2 aromatic rings. The second-order valence-electron chi connectivity index (χ2n) is 7.29. The van der Waals surface area contributed by atoms with Crippen molar-refractivity contribution in [2.24, 2.45) is 5.92 Å². The summed E-state index contributed by atoms with van der Waals surface area (Å²) in [6.07, 6.45) is 5.21. The van der Waals surface area contributed by atoms with Gasteiger partial charge >= 0.3 is 0 Å². The van der Waals surface area contributed by atoms with Crippen molar-refractivity contribution in [2.45, 2.75) is 38.3 Å². The maximum atomic E-state index is 12.8. The van der Waals surface area contributed by atoms with Crippen molar-refractivity contribution >= 4 is 5.91 Å². The topological polar surface area (TPSA) is 47.4 Å². The molecule has 4 rings (SSSR count). The number of fused-ring (bicyclic) bond motifs is 1. The highest BCUT2D eigenvalue weighted by Crippen LogP contribution is 2.32. The third-order valence-corrected chi connectivity index (χ3v) is 5.12. The van der Waals surface area contributed by atoms with E-state index in [2.05, 4.69) is 10.9 Å². The predicted octanol–water partition coefficient (Wildman–Crippen LogP) is 2.61. The summed E-state index contributed by atoms with van der Waals surface area (Å²) >= 11 is 0. The average Bonchev–Trinajstić information content (AvgIpc) is 3.32. The molecule has 5 nitrogen and oxygen atoms in total. The highest BCUT2D eigenvalue weighted by atomic mass is 16.5. The Bertz CT molecular complexity index is 737. The molecule has 0 radical (unpaired) electrons. The molecule has 1 atom stereocenters. The zero-order chi connectivity index (χ0) is 17.2. The van der Waals surface area contributed by atoms with Crippen molar-refractivity contribution in [3.63, 3.8) is 0 Å². The number of carbonyl (C=O) groups is 1. The van der Waals surface area contributed by atoms with Crippen LogP contribution < -0.4 is 0 Å². The van der Waals surface area contributed by atoms with Gasteiger partial charge in [0.25, 0.3) is 0 Å². The van der Waals surface area contributed by atoms with Gasteiger partial charge in [-0.3, -0.25) is 9.48 Å². The molecule has 1 aliphatic heterocycles. The van der Waals surface area contributed by atoms with E-state index in [-0.39, 0.29) is 11.8 Å². The molecule has 2 aliphatic rings. The summed E-state index contributed by atoms with van der Waals surface area (Å²) in [5.74, 6) is 1.12. The van der Waals surface area contributed by atoms with Gasteiger partial charge in [0.2, 0.25) is 5.91 Å². The first-order chi connectivity index (χ1) is 12.2. The Kier molecular flexibility index (Phi) is 4.57. The van der Waals surface area contributed by atoms with Crippen LogP contribution in [0.4, 0.5) is 0 Å². The first kappa shape index (κ1) is 16.3. The smallest absolute Gasteiger partial charge is 0.227 e. The van der Waals surface area contributed by atoms with Gasteiger partial charge in [-0.2, -0.15) is 5.10 Å². The van der Waals surface area contributed by atoms with Crippen molar-refractivity contribution in [3.8, 4) is 0 Å². The molecule has 1 aromatic heterocycles. The van der Waals surface area contributed by atoms with Crippen LogP contribution >= 0.6 is 0 Å². The zero-order valence-corrected chi connectivity index (χ0v) is 14.7. The largest absolute Gasteiger partial charge is 0.384 e. The summed E-state index contributed by atoms with van der Waals surface area (Å²) in [5.41, 5.74) is 3.35. The second kappa shape index (κ2) is 7.00. The van der Waals surface area contributed by atoms with Crippen LogP contribution in [0.15, 0.2) is 36.5 Å². The second-order valence-corrected chi connectivity index (χ2v) is 7.29. The molecule has 0 saturated heterocycles. The molecule has 5 heteroatoms. The Morgan fingerprint density at radius 2 is 2.08 bits per heavy atom. The lowest BCUT2D eigenvalue weighted by Gasteiger charge is -2.31. The van der Waals surface area contributed by atoms with Gasteiger partial charge in [0.15, 0.2) is 0 Å². The fraction of sp³-hybridized carbons (Fsp3) is 0.500. The molecule has 0 spiro atoms. The number of aromatic nitrogens is 2. The number of nitrogens with zero attached hydrogens (tertiary/aromatic N) is 3. The zero-order valence-electron chi connectivity index (χ0n) is 14.7. The number of carbonyl (C=O) groups excluding carboxylic acids is 1. The van der Waals surface area contributed by atoms with E-state index in [1.807, 2.05) is 35.2 Å². The summed E-state index contributed by atoms with van der Waals surface area (Å²) in [6, 6.07) is 9.95. The number of benzene rings is 1. The third-order valence-electron chi connectivity index (χ3n) is 5.12. The molecule has 0 unspecified atom stereocenters.